The molecule has 1 aromatic rings. The van der Waals surface area contributed by atoms with Crippen LogP contribution < -0.4 is 15.8 Å². The number of anilines is 1. The van der Waals surface area contributed by atoms with E-state index in [1.807, 2.05) is 4.90 Å². The van der Waals surface area contributed by atoms with Gasteiger partial charge >= 0.3 is 5.97 Å². The summed E-state index contributed by atoms with van der Waals surface area (Å²) < 4.78 is 5.19. The van der Waals surface area contributed by atoms with E-state index in [9.17, 15) is 14.7 Å². The molecule has 144 valence electrons. The number of amides is 1. The largest absolute Gasteiger partial charge is 0.496 e. The van der Waals surface area contributed by atoms with Gasteiger partial charge < -0.3 is 26.0 Å². The number of nitrogen functional groups attached to an aromatic ring is 1. The molecule has 1 aliphatic rings. The van der Waals surface area contributed by atoms with Crippen LogP contribution >= 0.6 is 11.6 Å². The Balaban J connectivity index is 1.93. The lowest BCUT2D eigenvalue weighted by atomic mass is 10.0. The summed E-state index contributed by atoms with van der Waals surface area (Å²) in [6.45, 7) is 1.08. The Morgan fingerprint density at radius 2 is 2.19 bits per heavy atom. The third-order valence-electron chi connectivity index (χ3n) is 4.42. The minimum absolute atomic E-state index is 0.0705. The molecule has 9 heteroatoms. The Labute approximate surface area is 156 Å². The number of halogens is 1. The number of methoxy groups -OCH3 is 1. The van der Waals surface area contributed by atoms with Gasteiger partial charge in [0, 0.05) is 38.0 Å². The number of nitrogens with two attached hydrogens (primary N) is 1. The molecule has 2 rings (SSSR count). The summed E-state index contributed by atoms with van der Waals surface area (Å²) in [5, 5.41) is 22.1. The third-order valence-corrected chi connectivity index (χ3v) is 4.74. The predicted octanol–water partition coefficient (Wildman–Crippen LogP) is 1.31. The molecule has 8 nitrogen and oxygen atoms in total. The number of rotatable bonds is 7. The van der Waals surface area contributed by atoms with E-state index in [-0.39, 0.29) is 29.0 Å². The summed E-state index contributed by atoms with van der Waals surface area (Å²) in [5.41, 5.74) is 6.33. The Bertz CT molecular complexity index is 670. The van der Waals surface area contributed by atoms with Crippen LogP contribution in [0.5, 0.6) is 5.75 Å². The van der Waals surface area contributed by atoms with Crippen molar-refractivity contribution in [2.75, 3.05) is 25.9 Å². The number of carboxylic acid groups (broad SMARTS) is 1. The Morgan fingerprint density at radius 1 is 1.46 bits per heavy atom. The highest BCUT2D eigenvalue weighted by molar-refractivity contribution is 6.33. The SMILES string of the molecule is COc1cc(N)c(Cl)cc1C(=O)NC1CCN(CCCC(=O)O)C(O)C1. The van der Waals surface area contributed by atoms with Crippen LogP contribution in [0, 0.1) is 0 Å². The van der Waals surface area contributed by atoms with Crippen LogP contribution in [0.3, 0.4) is 0 Å². The second kappa shape index (κ2) is 9.07. The summed E-state index contributed by atoms with van der Waals surface area (Å²) >= 11 is 5.99. The lowest BCUT2D eigenvalue weighted by Gasteiger charge is -2.36. The first-order valence-corrected chi connectivity index (χ1v) is 8.77. The zero-order chi connectivity index (χ0) is 19.3. The zero-order valence-corrected chi connectivity index (χ0v) is 15.3. The van der Waals surface area contributed by atoms with E-state index in [1.165, 1.54) is 19.2 Å². The van der Waals surface area contributed by atoms with Gasteiger partial charge in [-0.15, -0.1) is 0 Å². The van der Waals surface area contributed by atoms with E-state index < -0.39 is 12.2 Å². The van der Waals surface area contributed by atoms with Gasteiger partial charge in [-0.05, 0) is 18.9 Å². The summed E-state index contributed by atoms with van der Waals surface area (Å²) in [6, 6.07) is 2.76. The maximum Gasteiger partial charge on any atom is 0.303 e. The lowest BCUT2D eigenvalue weighted by Crippen LogP contribution is -2.50. The number of benzene rings is 1. The first-order chi connectivity index (χ1) is 12.3. The van der Waals surface area contributed by atoms with Gasteiger partial charge in [0.15, 0.2) is 0 Å². The number of aliphatic hydroxyl groups is 1. The number of carbonyl (C=O) groups excluding carboxylic acids is 1. The summed E-state index contributed by atoms with van der Waals surface area (Å²) in [4.78, 5) is 24.9. The molecular weight excluding hydrogens is 362 g/mol. The highest BCUT2D eigenvalue weighted by atomic mass is 35.5. The number of hydrogen-bond acceptors (Lipinski definition) is 6. The van der Waals surface area contributed by atoms with Gasteiger partial charge in [-0.2, -0.15) is 0 Å². The number of likely N-dealkylation sites (tertiary alicyclic amines) is 1. The molecule has 0 bridgehead atoms. The molecule has 0 saturated carbocycles. The molecule has 5 N–H and O–H groups in total. The van der Waals surface area contributed by atoms with Crippen LogP contribution in [0.4, 0.5) is 5.69 Å². The van der Waals surface area contributed by atoms with Crippen LogP contribution in [-0.2, 0) is 4.79 Å². The Hall–Kier alpha value is -2.03. The van der Waals surface area contributed by atoms with E-state index in [0.29, 0.717) is 43.8 Å². The normalized spacial score (nSPS) is 20.6. The van der Waals surface area contributed by atoms with Gasteiger partial charge in [-0.1, -0.05) is 11.6 Å². The number of nitrogens with one attached hydrogen (secondary N) is 1. The van der Waals surface area contributed by atoms with Crippen molar-refractivity contribution in [2.24, 2.45) is 0 Å². The van der Waals surface area contributed by atoms with Crippen LogP contribution in [-0.4, -0.2) is 59.5 Å². The van der Waals surface area contributed by atoms with Crippen molar-refractivity contribution in [3.63, 3.8) is 0 Å². The van der Waals surface area contributed by atoms with Crippen LogP contribution in [0.2, 0.25) is 5.02 Å². The van der Waals surface area contributed by atoms with Gasteiger partial charge in [-0.25, -0.2) is 0 Å². The number of hydrogen-bond donors (Lipinski definition) is 4. The van der Waals surface area contributed by atoms with Crippen molar-refractivity contribution in [1.29, 1.82) is 0 Å². The maximum atomic E-state index is 12.5. The molecular formula is C17H24ClN3O5. The molecule has 1 amide bonds. The Kier molecular flexibility index (Phi) is 7.07. The fourth-order valence-electron chi connectivity index (χ4n) is 3.00. The number of carboxylic acids is 1. The summed E-state index contributed by atoms with van der Waals surface area (Å²) in [5.74, 6) is -0.867. The summed E-state index contributed by atoms with van der Waals surface area (Å²) in [6.07, 6.45) is 0.843. The highest BCUT2D eigenvalue weighted by Gasteiger charge is 2.28. The topological polar surface area (TPSA) is 125 Å². The molecule has 0 radical (unpaired) electrons. The third kappa shape index (κ3) is 5.23. The van der Waals surface area contributed by atoms with Gasteiger partial charge in [-0.3, -0.25) is 14.5 Å². The molecule has 1 aliphatic heterocycles. The van der Waals surface area contributed by atoms with Crippen LogP contribution in [0.1, 0.15) is 36.0 Å². The van der Waals surface area contributed by atoms with E-state index in [4.69, 9.17) is 27.2 Å². The predicted molar refractivity (Wildman–Crippen MR) is 97.4 cm³/mol. The molecule has 1 aromatic carbocycles. The van der Waals surface area contributed by atoms with E-state index >= 15 is 0 Å². The maximum absolute atomic E-state index is 12.5. The number of piperidine rings is 1. The number of aliphatic hydroxyl groups excluding tert-OH is 1. The molecule has 1 fully saturated rings. The van der Waals surface area contributed by atoms with Crippen molar-refractivity contribution in [3.8, 4) is 5.75 Å². The zero-order valence-electron chi connectivity index (χ0n) is 14.6. The number of ether oxygens (including phenoxy) is 1. The molecule has 2 unspecified atom stereocenters. The molecule has 0 aliphatic carbocycles. The van der Waals surface area contributed by atoms with Crippen LogP contribution in [0.25, 0.3) is 0 Å². The fourth-order valence-corrected chi connectivity index (χ4v) is 3.16. The van der Waals surface area contributed by atoms with Crippen molar-refractivity contribution >= 4 is 29.2 Å². The second-order valence-electron chi connectivity index (χ2n) is 6.28. The first kappa shape index (κ1) is 20.3. The van der Waals surface area contributed by atoms with E-state index in [0.717, 1.165) is 0 Å². The molecule has 0 aromatic heterocycles. The molecule has 1 heterocycles. The number of carbonyl (C=O) groups is 2. The average molecular weight is 386 g/mol. The minimum Gasteiger partial charge on any atom is -0.496 e. The van der Waals surface area contributed by atoms with Gasteiger partial charge in [0.2, 0.25) is 0 Å². The highest BCUT2D eigenvalue weighted by Crippen LogP contribution is 2.29. The second-order valence-corrected chi connectivity index (χ2v) is 6.69. The van der Waals surface area contributed by atoms with Gasteiger partial charge in [0.1, 0.15) is 12.0 Å². The van der Waals surface area contributed by atoms with E-state index in [2.05, 4.69) is 5.32 Å². The number of aliphatic carboxylic acids is 1. The summed E-state index contributed by atoms with van der Waals surface area (Å²) in [7, 11) is 1.44. The minimum atomic E-state index is -0.849. The Morgan fingerprint density at radius 3 is 2.81 bits per heavy atom. The lowest BCUT2D eigenvalue weighted by molar-refractivity contribution is -0.137. The van der Waals surface area contributed by atoms with Crippen molar-refractivity contribution in [1.82, 2.24) is 10.2 Å². The average Bonchev–Trinajstić information content (AvgIpc) is 2.58. The van der Waals surface area contributed by atoms with E-state index in [1.54, 1.807) is 0 Å². The number of nitrogens with zero attached hydrogens (tertiary/aromatic N) is 1. The van der Waals surface area contributed by atoms with Crippen molar-refractivity contribution in [2.45, 2.75) is 38.0 Å². The quantitative estimate of drug-likeness (QED) is 0.521. The molecule has 0 spiro atoms. The van der Waals surface area contributed by atoms with Gasteiger partial charge in [0.05, 0.1) is 23.4 Å². The fraction of sp³-hybridized carbons (Fsp3) is 0.529. The first-order valence-electron chi connectivity index (χ1n) is 8.39. The molecule has 1 saturated heterocycles. The smallest absolute Gasteiger partial charge is 0.303 e. The van der Waals surface area contributed by atoms with Crippen molar-refractivity contribution in [3.05, 3.63) is 22.7 Å². The molecule has 2 atom stereocenters. The molecule has 26 heavy (non-hydrogen) atoms. The standard InChI is InChI=1S/C17H24ClN3O5/c1-26-14-9-13(19)12(18)8-11(14)17(25)20-10-4-6-21(15(22)7-10)5-2-3-16(23)24/h8-10,15,22H,2-7,19H2,1H3,(H,20,25)(H,23,24). The monoisotopic (exact) mass is 385 g/mol. The van der Waals surface area contributed by atoms with Gasteiger partial charge in [0.25, 0.3) is 5.91 Å². The van der Waals surface area contributed by atoms with Crippen LogP contribution in [0.15, 0.2) is 12.1 Å². The van der Waals surface area contributed by atoms with Crippen molar-refractivity contribution < 1.29 is 24.5 Å².